The van der Waals surface area contributed by atoms with Gasteiger partial charge in [-0.1, -0.05) is 31.0 Å². The third kappa shape index (κ3) is 5.12. The number of hydrazone groups is 1. The van der Waals surface area contributed by atoms with Gasteiger partial charge in [-0.05, 0) is 37.8 Å². The van der Waals surface area contributed by atoms with Crippen LogP contribution in [0.4, 0.5) is 5.69 Å². The molecule has 0 saturated heterocycles. The predicted octanol–water partition coefficient (Wildman–Crippen LogP) is 2.92. The van der Waals surface area contributed by atoms with Crippen LogP contribution in [0.15, 0.2) is 35.4 Å². The zero-order valence-electron chi connectivity index (χ0n) is 11.2. The van der Waals surface area contributed by atoms with E-state index in [9.17, 15) is 4.79 Å². The molecule has 1 saturated carbocycles. The first-order valence-corrected chi connectivity index (χ1v) is 6.98. The molecule has 4 nitrogen and oxygen atoms in total. The standard InChI is InChI=1S/C15H21N3O/c19-15(12-16-13-8-6-3-7-9-13)18-17-14-10-4-1-2-5-11-14/h3,6-9,16H,1-2,4-5,10-12H2,(H,18,19). The lowest BCUT2D eigenvalue weighted by atomic mass is 10.2. The van der Waals surface area contributed by atoms with Gasteiger partial charge < -0.3 is 5.32 Å². The van der Waals surface area contributed by atoms with Gasteiger partial charge >= 0.3 is 0 Å². The second-order valence-corrected chi connectivity index (χ2v) is 4.85. The lowest BCUT2D eigenvalue weighted by Gasteiger charge is -2.06. The van der Waals surface area contributed by atoms with Gasteiger partial charge in [0.2, 0.25) is 0 Å². The van der Waals surface area contributed by atoms with Crippen molar-refractivity contribution in [2.45, 2.75) is 38.5 Å². The van der Waals surface area contributed by atoms with Gasteiger partial charge in [0.1, 0.15) is 0 Å². The summed E-state index contributed by atoms with van der Waals surface area (Å²) in [6.45, 7) is 0.251. The van der Waals surface area contributed by atoms with Crippen molar-refractivity contribution >= 4 is 17.3 Å². The number of nitrogens with one attached hydrogen (secondary N) is 2. The van der Waals surface area contributed by atoms with E-state index in [-0.39, 0.29) is 12.5 Å². The van der Waals surface area contributed by atoms with Crippen LogP contribution < -0.4 is 10.7 Å². The topological polar surface area (TPSA) is 53.5 Å². The SMILES string of the molecule is O=C(CNc1ccccc1)NN=C1CCCCCC1. The number of anilines is 1. The maximum atomic E-state index is 11.7. The molecule has 1 fully saturated rings. The molecule has 1 aromatic carbocycles. The van der Waals surface area contributed by atoms with Crippen molar-refractivity contribution < 1.29 is 4.79 Å². The molecule has 19 heavy (non-hydrogen) atoms. The molecule has 0 bridgehead atoms. The van der Waals surface area contributed by atoms with Gasteiger partial charge in [0.25, 0.3) is 5.91 Å². The highest BCUT2D eigenvalue weighted by Gasteiger charge is 2.06. The van der Waals surface area contributed by atoms with Crippen LogP contribution in [0.25, 0.3) is 0 Å². The fourth-order valence-corrected chi connectivity index (χ4v) is 2.17. The number of amides is 1. The number of carbonyl (C=O) groups is 1. The van der Waals surface area contributed by atoms with Gasteiger partial charge in [0.15, 0.2) is 0 Å². The summed E-state index contributed by atoms with van der Waals surface area (Å²) in [6, 6.07) is 9.69. The van der Waals surface area contributed by atoms with E-state index in [2.05, 4.69) is 15.8 Å². The van der Waals surface area contributed by atoms with E-state index < -0.39 is 0 Å². The molecule has 0 atom stereocenters. The number of carbonyl (C=O) groups excluding carboxylic acids is 1. The summed E-state index contributed by atoms with van der Waals surface area (Å²) >= 11 is 0. The van der Waals surface area contributed by atoms with Gasteiger partial charge in [0, 0.05) is 11.4 Å². The molecule has 0 spiro atoms. The summed E-state index contributed by atoms with van der Waals surface area (Å²) in [7, 11) is 0. The second kappa shape index (κ2) is 7.56. The van der Waals surface area contributed by atoms with Crippen molar-refractivity contribution in [3.63, 3.8) is 0 Å². The Morgan fingerprint density at radius 1 is 1.05 bits per heavy atom. The minimum Gasteiger partial charge on any atom is -0.376 e. The van der Waals surface area contributed by atoms with Gasteiger partial charge in [-0.2, -0.15) is 5.10 Å². The number of hydrogen-bond acceptors (Lipinski definition) is 3. The van der Waals surface area contributed by atoms with Crippen molar-refractivity contribution in [1.82, 2.24) is 5.43 Å². The maximum Gasteiger partial charge on any atom is 0.259 e. The molecule has 4 heteroatoms. The van der Waals surface area contributed by atoms with Crippen molar-refractivity contribution in [1.29, 1.82) is 0 Å². The first kappa shape index (κ1) is 13.6. The smallest absolute Gasteiger partial charge is 0.259 e. The zero-order valence-corrected chi connectivity index (χ0v) is 11.2. The van der Waals surface area contributed by atoms with Crippen LogP contribution in [0.2, 0.25) is 0 Å². The van der Waals surface area contributed by atoms with Crippen LogP contribution in [0.5, 0.6) is 0 Å². The summed E-state index contributed by atoms with van der Waals surface area (Å²) in [5.41, 5.74) is 4.71. The molecule has 1 aliphatic rings. The highest BCUT2D eigenvalue weighted by atomic mass is 16.2. The molecule has 0 aromatic heterocycles. The van der Waals surface area contributed by atoms with E-state index in [1.165, 1.54) is 25.7 Å². The van der Waals surface area contributed by atoms with Crippen LogP contribution in [0, 0.1) is 0 Å². The number of benzene rings is 1. The molecular formula is C15H21N3O. The molecule has 1 aliphatic carbocycles. The predicted molar refractivity (Wildman–Crippen MR) is 78.2 cm³/mol. The molecule has 0 heterocycles. The van der Waals surface area contributed by atoms with E-state index >= 15 is 0 Å². The third-order valence-corrected chi connectivity index (χ3v) is 3.25. The first-order chi connectivity index (χ1) is 9.34. The van der Waals surface area contributed by atoms with Crippen molar-refractivity contribution in [3.05, 3.63) is 30.3 Å². The van der Waals surface area contributed by atoms with Crippen LogP contribution in [0.1, 0.15) is 38.5 Å². The molecule has 102 valence electrons. The Morgan fingerprint density at radius 2 is 1.74 bits per heavy atom. The average molecular weight is 259 g/mol. The molecule has 2 N–H and O–H groups in total. The van der Waals surface area contributed by atoms with Crippen molar-refractivity contribution in [2.75, 3.05) is 11.9 Å². The summed E-state index contributed by atoms with van der Waals surface area (Å²) in [5, 5.41) is 7.30. The van der Waals surface area contributed by atoms with E-state index in [0.717, 1.165) is 24.2 Å². The van der Waals surface area contributed by atoms with Gasteiger partial charge in [-0.15, -0.1) is 0 Å². The minimum atomic E-state index is -0.0967. The van der Waals surface area contributed by atoms with Crippen molar-refractivity contribution in [2.24, 2.45) is 5.10 Å². The Balaban J connectivity index is 1.73. The quantitative estimate of drug-likeness (QED) is 0.645. The zero-order chi connectivity index (χ0) is 13.3. The number of para-hydroxylation sites is 1. The summed E-state index contributed by atoms with van der Waals surface area (Å²) in [6.07, 6.45) is 6.98. The highest BCUT2D eigenvalue weighted by Crippen LogP contribution is 2.14. The Bertz CT molecular complexity index is 418. The van der Waals surface area contributed by atoms with Crippen LogP contribution in [0.3, 0.4) is 0 Å². The summed E-state index contributed by atoms with van der Waals surface area (Å²) < 4.78 is 0. The molecule has 1 aromatic rings. The van der Waals surface area contributed by atoms with E-state index in [0.29, 0.717) is 0 Å². The van der Waals surface area contributed by atoms with Crippen LogP contribution >= 0.6 is 0 Å². The number of nitrogens with zero attached hydrogens (tertiary/aromatic N) is 1. The lowest BCUT2D eigenvalue weighted by molar-refractivity contribution is -0.119. The fraction of sp³-hybridized carbons (Fsp3) is 0.467. The maximum absolute atomic E-state index is 11.7. The van der Waals surface area contributed by atoms with Gasteiger partial charge in [0.05, 0.1) is 6.54 Å². The molecule has 2 rings (SSSR count). The molecule has 0 unspecified atom stereocenters. The van der Waals surface area contributed by atoms with E-state index in [4.69, 9.17) is 0 Å². The fourth-order valence-electron chi connectivity index (χ4n) is 2.17. The highest BCUT2D eigenvalue weighted by molar-refractivity contribution is 5.87. The third-order valence-electron chi connectivity index (χ3n) is 3.25. The van der Waals surface area contributed by atoms with Gasteiger partial charge in [-0.25, -0.2) is 5.43 Å². The molecule has 0 aliphatic heterocycles. The monoisotopic (exact) mass is 259 g/mol. The van der Waals surface area contributed by atoms with Gasteiger partial charge in [-0.3, -0.25) is 4.79 Å². The molecule has 0 radical (unpaired) electrons. The summed E-state index contributed by atoms with van der Waals surface area (Å²) in [5.74, 6) is -0.0967. The van der Waals surface area contributed by atoms with Crippen LogP contribution in [-0.4, -0.2) is 18.2 Å². The molecular weight excluding hydrogens is 238 g/mol. The van der Waals surface area contributed by atoms with Crippen LogP contribution in [-0.2, 0) is 4.79 Å². The number of hydrogen-bond donors (Lipinski definition) is 2. The average Bonchev–Trinajstić information content (AvgIpc) is 2.73. The first-order valence-electron chi connectivity index (χ1n) is 6.98. The lowest BCUT2D eigenvalue weighted by Crippen LogP contribution is -2.26. The Labute approximate surface area is 114 Å². The Hall–Kier alpha value is -1.84. The number of rotatable bonds is 4. The Morgan fingerprint density at radius 3 is 2.42 bits per heavy atom. The second-order valence-electron chi connectivity index (χ2n) is 4.85. The summed E-state index contributed by atoms with van der Waals surface area (Å²) in [4.78, 5) is 11.7. The van der Waals surface area contributed by atoms with E-state index in [1.807, 2.05) is 30.3 Å². The normalized spacial score (nSPS) is 15.5. The van der Waals surface area contributed by atoms with Crippen molar-refractivity contribution in [3.8, 4) is 0 Å². The largest absolute Gasteiger partial charge is 0.376 e. The Kier molecular flexibility index (Phi) is 5.41. The minimum absolute atomic E-state index is 0.0967. The van der Waals surface area contributed by atoms with E-state index in [1.54, 1.807) is 0 Å². The molecule has 1 amide bonds.